The first kappa shape index (κ1) is 11.4. The first-order valence-electron chi connectivity index (χ1n) is 6.49. The van der Waals surface area contributed by atoms with E-state index >= 15 is 0 Å². The van der Waals surface area contributed by atoms with Crippen LogP contribution in [-0.4, -0.2) is 9.97 Å². The molecule has 0 spiro atoms. The number of fused-ring (bicyclic) bond motifs is 1. The summed E-state index contributed by atoms with van der Waals surface area (Å²) in [6.07, 6.45) is 1.98. The predicted molar refractivity (Wildman–Crippen MR) is 84.8 cm³/mol. The maximum atomic E-state index is 4.73. The number of hydrogen-bond donors (Lipinski definition) is 1. The lowest BCUT2D eigenvalue weighted by molar-refractivity contribution is 1.33. The number of imidazole rings is 1. The van der Waals surface area contributed by atoms with Crippen LogP contribution >= 0.6 is 11.3 Å². The average molecular weight is 276 g/mol. The molecule has 0 atom stereocenters. The van der Waals surface area contributed by atoms with Crippen molar-refractivity contribution in [2.75, 3.05) is 0 Å². The molecule has 3 heteroatoms. The quantitative estimate of drug-likeness (QED) is 0.551. The second-order valence-corrected chi connectivity index (χ2v) is 5.59. The largest absolute Gasteiger partial charge is 0.343 e. The Hall–Kier alpha value is -2.39. The summed E-state index contributed by atoms with van der Waals surface area (Å²) >= 11 is 1.69. The molecule has 0 radical (unpaired) electrons. The molecule has 96 valence electrons. The summed E-state index contributed by atoms with van der Waals surface area (Å²) < 4.78 is 0. The molecule has 0 saturated heterocycles. The van der Waals surface area contributed by atoms with Crippen LogP contribution in [0.15, 0.2) is 66.2 Å². The van der Waals surface area contributed by atoms with Crippen molar-refractivity contribution in [3.8, 4) is 22.0 Å². The zero-order valence-electron chi connectivity index (χ0n) is 10.7. The number of rotatable bonds is 2. The van der Waals surface area contributed by atoms with Crippen LogP contribution in [0.5, 0.6) is 0 Å². The molecular weight excluding hydrogens is 264 g/mol. The van der Waals surface area contributed by atoms with E-state index in [1.54, 1.807) is 11.3 Å². The Balaban J connectivity index is 1.88. The van der Waals surface area contributed by atoms with Gasteiger partial charge in [0.2, 0.25) is 0 Å². The number of thiophene rings is 1. The Bertz CT molecular complexity index is 854. The Labute approximate surface area is 120 Å². The Morgan fingerprint density at radius 2 is 1.80 bits per heavy atom. The lowest BCUT2D eigenvalue weighted by Gasteiger charge is -2.03. The minimum atomic E-state index is 0.933. The molecule has 2 nitrogen and oxygen atoms in total. The number of hydrogen-bond acceptors (Lipinski definition) is 2. The van der Waals surface area contributed by atoms with E-state index in [9.17, 15) is 0 Å². The van der Waals surface area contributed by atoms with E-state index < -0.39 is 0 Å². The van der Waals surface area contributed by atoms with E-state index in [1.165, 1.54) is 16.3 Å². The number of H-pyrrole nitrogens is 1. The highest BCUT2D eigenvalue weighted by atomic mass is 32.1. The number of aromatic amines is 1. The van der Waals surface area contributed by atoms with Crippen LogP contribution in [-0.2, 0) is 0 Å². The number of benzene rings is 2. The Kier molecular flexibility index (Phi) is 2.64. The normalized spacial score (nSPS) is 11.0. The summed E-state index contributed by atoms with van der Waals surface area (Å²) in [5, 5.41) is 4.54. The maximum absolute atomic E-state index is 4.73. The number of nitrogens with one attached hydrogen (secondary N) is 1. The number of aromatic nitrogens is 2. The van der Waals surface area contributed by atoms with Gasteiger partial charge < -0.3 is 4.98 Å². The van der Waals surface area contributed by atoms with E-state index in [0.29, 0.717) is 0 Å². The van der Waals surface area contributed by atoms with E-state index in [4.69, 9.17) is 4.98 Å². The molecule has 0 fully saturated rings. The van der Waals surface area contributed by atoms with Crippen LogP contribution in [0.3, 0.4) is 0 Å². The topological polar surface area (TPSA) is 28.7 Å². The second-order valence-electron chi connectivity index (χ2n) is 4.64. The number of nitrogens with zero attached hydrogens (tertiary/aromatic N) is 1. The lowest BCUT2D eigenvalue weighted by atomic mass is 10.0. The summed E-state index contributed by atoms with van der Waals surface area (Å²) in [5.41, 5.74) is 2.16. The van der Waals surface area contributed by atoms with Crippen molar-refractivity contribution in [2.24, 2.45) is 0 Å². The van der Waals surface area contributed by atoms with E-state index in [0.717, 1.165) is 16.4 Å². The molecular formula is C17H12N2S. The zero-order valence-corrected chi connectivity index (χ0v) is 11.5. The maximum Gasteiger partial charge on any atom is 0.148 e. The minimum absolute atomic E-state index is 0.933. The predicted octanol–water partition coefficient (Wildman–Crippen LogP) is 4.96. The fourth-order valence-corrected chi connectivity index (χ4v) is 3.13. The third-order valence-electron chi connectivity index (χ3n) is 3.40. The molecule has 0 aliphatic carbocycles. The van der Waals surface area contributed by atoms with Crippen LogP contribution in [0.4, 0.5) is 0 Å². The van der Waals surface area contributed by atoms with Crippen molar-refractivity contribution in [3.63, 3.8) is 0 Å². The summed E-state index contributed by atoms with van der Waals surface area (Å²) in [6.45, 7) is 0. The monoisotopic (exact) mass is 276 g/mol. The summed E-state index contributed by atoms with van der Waals surface area (Å²) in [4.78, 5) is 9.16. The van der Waals surface area contributed by atoms with Gasteiger partial charge in [0, 0.05) is 11.8 Å². The highest BCUT2D eigenvalue weighted by Gasteiger charge is 2.09. The van der Waals surface area contributed by atoms with Crippen molar-refractivity contribution in [2.45, 2.75) is 0 Å². The van der Waals surface area contributed by atoms with Crippen LogP contribution in [0.2, 0.25) is 0 Å². The molecule has 0 unspecified atom stereocenters. The van der Waals surface area contributed by atoms with Crippen molar-refractivity contribution in [1.82, 2.24) is 9.97 Å². The molecule has 0 amide bonds. The summed E-state index contributed by atoms with van der Waals surface area (Å²) in [7, 11) is 0. The van der Waals surface area contributed by atoms with Gasteiger partial charge in [-0.1, -0.05) is 48.5 Å². The van der Waals surface area contributed by atoms with Gasteiger partial charge in [-0.3, -0.25) is 0 Å². The Morgan fingerprint density at radius 3 is 2.70 bits per heavy atom. The Morgan fingerprint density at radius 1 is 0.900 bits per heavy atom. The van der Waals surface area contributed by atoms with E-state index in [-0.39, 0.29) is 0 Å². The van der Waals surface area contributed by atoms with Crippen LogP contribution in [0, 0.1) is 0 Å². The average Bonchev–Trinajstić information content (AvgIpc) is 3.17. The second kappa shape index (κ2) is 4.62. The standard InChI is InChI=1S/C17H12N2S/c1-2-7-13-12(5-1)6-3-8-14(13)15-11-18-17(19-15)16-9-4-10-20-16/h1-11H,(H,18,19). The minimum Gasteiger partial charge on any atom is -0.343 e. The first-order chi connectivity index (χ1) is 9.92. The van der Waals surface area contributed by atoms with Gasteiger partial charge in [0.1, 0.15) is 5.82 Å². The highest BCUT2D eigenvalue weighted by Crippen LogP contribution is 2.29. The van der Waals surface area contributed by atoms with Crippen molar-refractivity contribution >= 4 is 22.1 Å². The third kappa shape index (κ3) is 1.84. The summed E-state index contributed by atoms with van der Waals surface area (Å²) in [6, 6.07) is 18.9. The van der Waals surface area contributed by atoms with Gasteiger partial charge >= 0.3 is 0 Å². The molecule has 0 aliphatic heterocycles. The van der Waals surface area contributed by atoms with Crippen LogP contribution in [0.1, 0.15) is 0 Å². The molecule has 4 rings (SSSR count). The molecule has 2 aromatic carbocycles. The van der Waals surface area contributed by atoms with Gasteiger partial charge in [-0.25, -0.2) is 4.98 Å². The zero-order chi connectivity index (χ0) is 13.4. The van der Waals surface area contributed by atoms with Gasteiger partial charge in [-0.05, 0) is 22.2 Å². The smallest absolute Gasteiger partial charge is 0.148 e. The van der Waals surface area contributed by atoms with Gasteiger partial charge in [-0.2, -0.15) is 0 Å². The molecule has 20 heavy (non-hydrogen) atoms. The van der Waals surface area contributed by atoms with Gasteiger partial charge in [-0.15, -0.1) is 11.3 Å². The van der Waals surface area contributed by atoms with Crippen molar-refractivity contribution < 1.29 is 0 Å². The van der Waals surface area contributed by atoms with Crippen molar-refractivity contribution in [1.29, 1.82) is 0 Å². The fraction of sp³-hybridized carbons (Fsp3) is 0. The van der Waals surface area contributed by atoms with Gasteiger partial charge in [0.25, 0.3) is 0 Å². The molecule has 2 aromatic heterocycles. The van der Waals surface area contributed by atoms with Gasteiger partial charge in [0.05, 0.1) is 10.6 Å². The molecule has 4 aromatic rings. The molecule has 1 N–H and O–H groups in total. The molecule has 2 heterocycles. The summed E-state index contributed by atoms with van der Waals surface area (Å²) in [5.74, 6) is 0.933. The highest BCUT2D eigenvalue weighted by molar-refractivity contribution is 7.13. The third-order valence-corrected chi connectivity index (χ3v) is 4.27. The van der Waals surface area contributed by atoms with Crippen LogP contribution in [0.25, 0.3) is 32.7 Å². The van der Waals surface area contributed by atoms with Gasteiger partial charge in [0.15, 0.2) is 0 Å². The van der Waals surface area contributed by atoms with E-state index in [1.807, 2.05) is 12.3 Å². The SMILES string of the molecule is c1csc(-c2nc(-c3cccc4ccccc34)c[nH]2)c1. The first-order valence-corrected chi connectivity index (χ1v) is 7.37. The molecule has 0 bridgehead atoms. The molecule has 0 aliphatic rings. The van der Waals surface area contributed by atoms with Crippen molar-refractivity contribution in [3.05, 3.63) is 66.2 Å². The lowest BCUT2D eigenvalue weighted by Crippen LogP contribution is -1.81. The van der Waals surface area contributed by atoms with E-state index in [2.05, 4.69) is 58.9 Å². The fourth-order valence-electron chi connectivity index (χ4n) is 2.45. The van der Waals surface area contributed by atoms with Crippen LogP contribution < -0.4 is 0 Å². The molecule has 0 saturated carbocycles.